The molecule has 1 aliphatic rings. The van der Waals surface area contributed by atoms with Crippen molar-refractivity contribution in [2.45, 2.75) is 6.92 Å². The van der Waals surface area contributed by atoms with Crippen molar-refractivity contribution in [1.82, 2.24) is 4.90 Å². The van der Waals surface area contributed by atoms with Gasteiger partial charge in [-0.3, -0.25) is 49.6 Å². The number of ketones is 1. The van der Waals surface area contributed by atoms with E-state index in [-0.39, 0.29) is 40.0 Å². The third-order valence-corrected chi connectivity index (χ3v) is 6.62. The van der Waals surface area contributed by atoms with Crippen molar-refractivity contribution in [2.24, 2.45) is 0 Å². The van der Waals surface area contributed by atoms with Gasteiger partial charge in [-0.25, -0.2) is 0 Å². The molecule has 3 aromatic rings. The molecule has 0 aliphatic carbocycles. The van der Waals surface area contributed by atoms with E-state index in [2.05, 4.69) is 0 Å². The molecule has 3 aromatic carbocycles. The molecule has 214 valence electrons. The quantitative estimate of drug-likeness (QED) is 0.116. The summed E-state index contributed by atoms with van der Waals surface area (Å²) in [5.41, 5.74) is -0.843. The molecule has 0 aromatic heterocycles. The zero-order valence-corrected chi connectivity index (χ0v) is 22.3. The van der Waals surface area contributed by atoms with E-state index in [0.29, 0.717) is 17.3 Å². The largest absolute Gasteiger partial charge is 0.490 e. The van der Waals surface area contributed by atoms with E-state index in [0.717, 1.165) is 35.2 Å². The summed E-state index contributed by atoms with van der Waals surface area (Å²) in [5, 5.41) is 32.6. The second-order valence-corrected chi connectivity index (χ2v) is 9.40. The Balaban J connectivity index is 1.55. The zero-order chi connectivity index (χ0) is 30.6. The summed E-state index contributed by atoms with van der Waals surface area (Å²) in [5.74, 6) is -1.40. The molecule has 0 spiro atoms. The van der Waals surface area contributed by atoms with Gasteiger partial charge < -0.3 is 9.47 Å². The lowest BCUT2D eigenvalue weighted by Crippen LogP contribution is -2.33. The second-order valence-electron chi connectivity index (χ2n) is 8.40. The second kappa shape index (κ2) is 12.3. The Bertz CT molecular complexity index is 1670. The van der Waals surface area contributed by atoms with Crippen LogP contribution in [0.3, 0.4) is 0 Å². The molecule has 0 saturated carbocycles. The highest BCUT2D eigenvalue weighted by Gasteiger charge is 2.36. The van der Waals surface area contributed by atoms with Crippen molar-refractivity contribution in [3.8, 4) is 17.2 Å². The average Bonchev–Trinajstić information content (AvgIpc) is 3.21. The zero-order valence-electron chi connectivity index (χ0n) is 21.5. The van der Waals surface area contributed by atoms with Gasteiger partial charge in [0.1, 0.15) is 0 Å². The van der Waals surface area contributed by atoms with Crippen LogP contribution in [0.25, 0.3) is 6.08 Å². The van der Waals surface area contributed by atoms with Gasteiger partial charge in [-0.1, -0.05) is 6.07 Å². The number of imide groups is 1. The first-order valence-electron chi connectivity index (χ1n) is 11.9. The van der Waals surface area contributed by atoms with Gasteiger partial charge >= 0.3 is 5.69 Å². The Kier molecular flexibility index (Phi) is 8.56. The number of carbonyl (C=O) groups is 3. The van der Waals surface area contributed by atoms with Crippen LogP contribution in [0.1, 0.15) is 22.8 Å². The highest BCUT2D eigenvalue weighted by molar-refractivity contribution is 8.18. The summed E-state index contributed by atoms with van der Waals surface area (Å²) in [6, 6.07) is 12.0. The minimum absolute atomic E-state index is 0.0126. The number of Topliss-reactive ketones (excluding diaryl/α,β-unsaturated/α-hetero) is 1. The number of rotatable bonds is 11. The van der Waals surface area contributed by atoms with Gasteiger partial charge in [-0.2, -0.15) is 0 Å². The highest BCUT2D eigenvalue weighted by Crippen LogP contribution is 2.39. The molecule has 16 heteroatoms. The van der Waals surface area contributed by atoms with Crippen molar-refractivity contribution in [3.05, 3.63) is 107 Å². The first kappa shape index (κ1) is 29.3. The van der Waals surface area contributed by atoms with Gasteiger partial charge in [-0.15, -0.1) is 0 Å². The number of thioether (sulfide) groups is 1. The summed E-state index contributed by atoms with van der Waals surface area (Å²) < 4.78 is 11.2. The van der Waals surface area contributed by atoms with Crippen LogP contribution in [0.5, 0.6) is 17.2 Å². The summed E-state index contributed by atoms with van der Waals surface area (Å²) >= 11 is 0.610. The summed E-state index contributed by atoms with van der Waals surface area (Å²) in [6.07, 6.45) is 1.39. The van der Waals surface area contributed by atoms with E-state index in [1.165, 1.54) is 36.4 Å². The average molecular weight is 595 g/mol. The van der Waals surface area contributed by atoms with Crippen LogP contribution in [-0.4, -0.2) is 49.8 Å². The maximum absolute atomic E-state index is 12.9. The number of hydrogen-bond acceptors (Lipinski definition) is 12. The van der Waals surface area contributed by atoms with Crippen molar-refractivity contribution >= 4 is 51.8 Å². The number of hydrogen-bond donors (Lipinski definition) is 0. The van der Waals surface area contributed by atoms with Crippen LogP contribution in [0.2, 0.25) is 0 Å². The Morgan fingerprint density at radius 3 is 2.12 bits per heavy atom. The Hall–Kier alpha value is -5.64. The number of nitro groups is 3. The van der Waals surface area contributed by atoms with E-state index in [1.807, 2.05) is 0 Å². The van der Waals surface area contributed by atoms with Crippen LogP contribution in [-0.2, 0) is 4.79 Å². The highest BCUT2D eigenvalue weighted by atomic mass is 32.2. The molecular formula is C26H18N4O11S. The third-order valence-electron chi connectivity index (χ3n) is 5.71. The van der Waals surface area contributed by atoms with Crippen LogP contribution >= 0.6 is 11.8 Å². The number of nitro benzene ring substituents is 3. The predicted octanol–water partition coefficient (Wildman–Crippen LogP) is 5.52. The minimum atomic E-state index is -0.820. The molecule has 0 unspecified atom stereocenters. The van der Waals surface area contributed by atoms with Crippen molar-refractivity contribution in [1.29, 1.82) is 0 Å². The van der Waals surface area contributed by atoms with E-state index in [1.54, 1.807) is 6.92 Å². The number of non-ortho nitro benzene ring substituents is 2. The summed E-state index contributed by atoms with van der Waals surface area (Å²) in [6.45, 7) is 1.28. The maximum Gasteiger partial charge on any atom is 0.318 e. The summed E-state index contributed by atoms with van der Waals surface area (Å²) in [7, 11) is 0. The molecule has 4 rings (SSSR count). The maximum atomic E-state index is 12.9. The van der Waals surface area contributed by atoms with E-state index in [4.69, 9.17) is 9.47 Å². The van der Waals surface area contributed by atoms with Gasteiger partial charge in [-0.05, 0) is 60.7 Å². The molecule has 1 heterocycles. The van der Waals surface area contributed by atoms with E-state index < -0.39 is 49.6 Å². The van der Waals surface area contributed by atoms with Crippen LogP contribution in [0.15, 0.2) is 65.6 Å². The van der Waals surface area contributed by atoms with Crippen molar-refractivity contribution in [3.63, 3.8) is 0 Å². The Labute approximate surface area is 239 Å². The van der Waals surface area contributed by atoms with E-state index in [9.17, 15) is 44.7 Å². The predicted molar refractivity (Wildman–Crippen MR) is 148 cm³/mol. The fraction of sp³-hybridized carbons (Fsp3) is 0.115. The number of benzene rings is 3. The third kappa shape index (κ3) is 6.39. The lowest BCUT2D eigenvalue weighted by atomic mass is 10.1. The standard InChI is InChI=1S/C26H18N4O11S/c1-2-40-23-11-15(3-9-22(23)41-21-10-8-18(29(36)37)13-19(21)30(38)39)12-24-25(32)27(26(33)42-24)14-20(31)16-4-6-17(7-5-16)28(34)35/h3-13H,2,14H2,1H3/b24-12+. The molecule has 0 atom stereocenters. The van der Waals surface area contributed by atoms with Crippen LogP contribution < -0.4 is 9.47 Å². The normalized spacial score (nSPS) is 13.7. The van der Waals surface area contributed by atoms with Crippen LogP contribution in [0, 0.1) is 30.3 Å². The Morgan fingerprint density at radius 2 is 1.50 bits per heavy atom. The van der Waals surface area contributed by atoms with Gasteiger partial charge in [0.2, 0.25) is 5.75 Å². The number of carbonyl (C=O) groups excluding carboxylic acids is 3. The van der Waals surface area contributed by atoms with Gasteiger partial charge in [0.25, 0.3) is 22.5 Å². The van der Waals surface area contributed by atoms with E-state index >= 15 is 0 Å². The molecule has 0 radical (unpaired) electrons. The molecule has 1 saturated heterocycles. The fourth-order valence-electron chi connectivity index (χ4n) is 3.73. The van der Waals surface area contributed by atoms with Gasteiger partial charge in [0.05, 0.1) is 38.9 Å². The summed E-state index contributed by atoms with van der Waals surface area (Å²) in [4.78, 5) is 69.9. The first-order chi connectivity index (χ1) is 20.0. The lowest BCUT2D eigenvalue weighted by Gasteiger charge is -2.13. The lowest BCUT2D eigenvalue weighted by molar-refractivity contribution is -0.394. The number of amides is 2. The molecule has 0 N–H and O–H groups in total. The first-order valence-corrected chi connectivity index (χ1v) is 12.7. The molecule has 15 nitrogen and oxygen atoms in total. The molecule has 1 aliphatic heterocycles. The van der Waals surface area contributed by atoms with Crippen molar-refractivity contribution in [2.75, 3.05) is 13.2 Å². The number of nitrogens with zero attached hydrogens (tertiary/aromatic N) is 4. The smallest absolute Gasteiger partial charge is 0.318 e. The van der Waals surface area contributed by atoms with Crippen LogP contribution in [0.4, 0.5) is 21.9 Å². The van der Waals surface area contributed by atoms with Crippen molar-refractivity contribution < 1.29 is 38.6 Å². The molecule has 2 amide bonds. The molecule has 0 bridgehead atoms. The minimum Gasteiger partial charge on any atom is -0.490 e. The fourth-order valence-corrected chi connectivity index (χ4v) is 4.56. The van der Waals surface area contributed by atoms with Gasteiger partial charge in [0.15, 0.2) is 17.3 Å². The van der Waals surface area contributed by atoms with Gasteiger partial charge in [0, 0.05) is 23.8 Å². The molecule has 42 heavy (non-hydrogen) atoms. The number of ether oxygens (including phenoxy) is 2. The molecular weight excluding hydrogens is 576 g/mol. The molecule has 1 fully saturated rings. The SMILES string of the molecule is CCOc1cc(/C=C2/SC(=O)N(CC(=O)c3ccc([N+](=O)[O-])cc3)C2=O)ccc1Oc1ccc([N+](=O)[O-])cc1[N+](=O)[O-]. The topological polar surface area (TPSA) is 202 Å². The Morgan fingerprint density at radius 1 is 0.857 bits per heavy atom. The monoisotopic (exact) mass is 594 g/mol.